The summed E-state index contributed by atoms with van der Waals surface area (Å²) in [5.74, 6) is 2.30. The monoisotopic (exact) mass is 472 g/mol. The van der Waals surface area contributed by atoms with Gasteiger partial charge in [0.25, 0.3) is 0 Å². The van der Waals surface area contributed by atoms with Crippen LogP contribution in [0.15, 0.2) is 90.1 Å². The molecule has 1 unspecified atom stereocenters. The van der Waals surface area contributed by atoms with Crippen molar-refractivity contribution in [1.82, 2.24) is 14.8 Å². The summed E-state index contributed by atoms with van der Waals surface area (Å²) in [4.78, 5) is 15.1. The van der Waals surface area contributed by atoms with Crippen molar-refractivity contribution in [2.45, 2.75) is 17.8 Å². The molecule has 0 N–H and O–H groups in total. The molecule has 1 aliphatic heterocycles. The van der Waals surface area contributed by atoms with E-state index in [1.54, 1.807) is 4.90 Å². The lowest BCUT2D eigenvalue weighted by atomic mass is 10.2. The number of aromatic nitrogens is 3. The van der Waals surface area contributed by atoms with Crippen LogP contribution in [-0.2, 0) is 18.4 Å². The molecule has 3 aromatic carbocycles. The Hall–Kier alpha value is -3.78. The molecule has 8 heteroatoms. The third kappa shape index (κ3) is 4.77. The minimum absolute atomic E-state index is 0.00391. The second kappa shape index (κ2) is 10.0. The summed E-state index contributed by atoms with van der Waals surface area (Å²) in [5, 5.41) is 9.28. The highest BCUT2D eigenvalue weighted by molar-refractivity contribution is 7.99. The van der Waals surface area contributed by atoms with E-state index in [1.807, 2.05) is 96.5 Å². The Morgan fingerprint density at radius 2 is 1.65 bits per heavy atom. The van der Waals surface area contributed by atoms with Gasteiger partial charge < -0.3 is 18.9 Å². The Morgan fingerprint density at radius 3 is 2.41 bits per heavy atom. The third-order valence-electron chi connectivity index (χ3n) is 5.54. The van der Waals surface area contributed by atoms with Crippen LogP contribution in [0.3, 0.4) is 0 Å². The maximum absolute atomic E-state index is 13.3. The number of hydrogen-bond donors (Lipinski definition) is 0. The van der Waals surface area contributed by atoms with E-state index >= 15 is 0 Å². The average molecular weight is 473 g/mol. The zero-order valence-corrected chi connectivity index (χ0v) is 19.5. The molecular formula is C26H24N4O3S. The first-order valence-corrected chi connectivity index (χ1v) is 12.0. The van der Waals surface area contributed by atoms with Crippen LogP contribution in [0.5, 0.6) is 11.5 Å². The summed E-state index contributed by atoms with van der Waals surface area (Å²) in [6.45, 7) is 0.854. The van der Waals surface area contributed by atoms with E-state index in [4.69, 9.17) is 9.47 Å². The van der Waals surface area contributed by atoms with Crippen molar-refractivity contribution in [1.29, 1.82) is 0 Å². The van der Waals surface area contributed by atoms with E-state index in [0.717, 1.165) is 17.0 Å². The number of nitrogens with zero attached hydrogens (tertiary/aromatic N) is 4. The highest BCUT2D eigenvalue weighted by atomic mass is 32.2. The van der Waals surface area contributed by atoms with Crippen LogP contribution < -0.4 is 14.4 Å². The van der Waals surface area contributed by atoms with Crippen LogP contribution in [0, 0.1) is 0 Å². The summed E-state index contributed by atoms with van der Waals surface area (Å²) in [5.41, 5.74) is 1.93. The van der Waals surface area contributed by atoms with Gasteiger partial charge in [0.15, 0.2) is 28.6 Å². The molecule has 5 rings (SSSR count). The fourth-order valence-electron chi connectivity index (χ4n) is 3.78. The van der Waals surface area contributed by atoms with E-state index in [9.17, 15) is 4.79 Å². The third-order valence-corrected chi connectivity index (χ3v) is 6.55. The first-order valence-electron chi connectivity index (χ1n) is 11.0. The van der Waals surface area contributed by atoms with Crippen molar-refractivity contribution in [2.75, 3.05) is 17.3 Å². The van der Waals surface area contributed by atoms with Gasteiger partial charge in [-0.05, 0) is 29.8 Å². The fourth-order valence-corrected chi connectivity index (χ4v) is 4.57. The molecule has 2 heterocycles. The molecule has 1 aromatic heterocycles. The first-order chi connectivity index (χ1) is 16.7. The quantitative estimate of drug-likeness (QED) is 0.365. The van der Waals surface area contributed by atoms with Crippen LogP contribution in [0.4, 0.5) is 5.69 Å². The molecule has 7 nitrogen and oxygen atoms in total. The van der Waals surface area contributed by atoms with Crippen LogP contribution in [-0.4, -0.2) is 33.0 Å². The second-order valence-corrected chi connectivity index (χ2v) is 8.80. The van der Waals surface area contributed by atoms with Gasteiger partial charge in [0.1, 0.15) is 6.61 Å². The zero-order chi connectivity index (χ0) is 23.3. The lowest BCUT2D eigenvalue weighted by molar-refractivity contribution is -0.116. The smallest absolute Gasteiger partial charge is 0.237 e. The molecular weight excluding hydrogens is 448 g/mol. The van der Waals surface area contributed by atoms with Gasteiger partial charge in [-0.15, -0.1) is 10.2 Å². The van der Waals surface area contributed by atoms with Crippen LogP contribution in [0.2, 0.25) is 0 Å². The molecule has 0 bridgehead atoms. The number of thioether (sulfide) groups is 1. The van der Waals surface area contributed by atoms with Crippen LogP contribution in [0.25, 0.3) is 0 Å². The minimum atomic E-state index is -0.364. The standard InChI is InChI=1S/C26H24N4O3S/c1-29-25(23-17-32-21-14-8-9-15-22(21)33-23)27-28-26(29)34-18-24(31)30(20-12-6-3-7-13-20)16-19-10-4-2-5-11-19/h2-15,23H,16-18H2,1H3. The predicted molar refractivity (Wildman–Crippen MR) is 131 cm³/mol. The number of ether oxygens (including phenoxy) is 2. The number of carbonyl (C=O) groups is 1. The van der Waals surface area contributed by atoms with Crippen molar-refractivity contribution in [2.24, 2.45) is 7.05 Å². The number of fused-ring (bicyclic) bond motifs is 1. The average Bonchev–Trinajstić information content (AvgIpc) is 3.26. The number of carbonyl (C=O) groups excluding carboxylic acids is 1. The van der Waals surface area contributed by atoms with E-state index in [0.29, 0.717) is 29.9 Å². The van der Waals surface area contributed by atoms with Gasteiger partial charge in [-0.3, -0.25) is 4.79 Å². The Bertz CT molecular complexity index is 1260. The Balaban J connectivity index is 1.28. The van der Waals surface area contributed by atoms with Gasteiger partial charge in [-0.2, -0.15) is 0 Å². The Labute approximate surface area is 202 Å². The van der Waals surface area contributed by atoms with Crippen LogP contribution >= 0.6 is 11.8 Å². The first kappa shape index (κ1) is 22.0. The molecule has 0 spiro atoms. The zero-order valence-electron chi connectivity index (χ0n) is 18.7. The van der Waals surface area contributed by atoms with E-state index in [2.05, 4.69) is 10.2 Å². The van der Waals surface area contributed by atoms with E-state index in [1.165, 1.54) is 11.8 Å². The highest BCUT2D eigenvalue weighted by Crippen LogP contribution is 2.35. The SMILES string of the molecule is Cn1c(SCC(=O)N(Cc2ccccc2)c2ccccc2)nnc1C1COc2ccccc2O1. The minimum Gasteiger partial charge on any atom is -0.485 e. The van der Waals surface area contributed by atoms with Gasteiger partial charge in [-0.25, -0.2) is 0 Å². The van der Waals surface area contributed by atoms with E-state index < -0.39 is 0 Å². The highest BCUT2D eigenvalue weighted by Gasteiger charge is 2.28. The summed E-state index contributed by atoms with van der Waals surface area (Å²) in [6, 6.07) is 27.3. The van der Waals surface area contributed by atoms with E-state index in [-0.39, 0.29) is 17.8 Å². The molecule has 0 saturated carbocycles. The molecule has 0 aliphatic carbocycles. The van der Waals surface area contributed by atoms with Gasteiger partial charge in [-0.1, -0.05) is 72.4 Å². The van der Waals surface area contributed by atoms with Gasteiger partial charge in [0, 0.05) is 12.7 Å². The topological polar surface area (TPSA) is 69.5 Å². The molecule has 1 amide bonds. The molecule has 1 atom stereocenters. The molecule has 0 radical (unpaired) electrons. The summed E-state index contributed by atoms with van der Waals surface area (Å²) >= 11 is 1.36. The number of anilines is 1. The van der Waals surface area contributed by atoms with Gasteiger partial charge in [0.05, 0.1) is 12.3 Å². The molecule has 34 heavy (non-hydrogen) atoms. The summed E-state index contributed by atoms with van der Waals surface area (Å²) in [6.07, 6.45) is -0.364. The van der Waals surface area contributed by atoms with Crippen molar-refractivity contribution in [3.63, 3.8) is 0 Å². The lowest BCUT2D eigenvalue weighted by Crippen LogP contribution is -2.32. The molecule has 172 valence electrons. The van der Waals surface area contributed by atoms with Crippen molar-refractivity contribution < 1.29 is 14.3 Å². The van der Waals surface area contributed by atoms with Gasteiger partial charge in [0.2, 0.25) is 5.91 Å². The van der Waals surface area contributed by atoms with Crippen molar-refractivity contribution in [3.05, 3.63) is 96.3 Å². The van der Waals surface area contributed by atoms with Crippen molar-refractivity contribution in [3.8, 4) is 11.5 Å². The maximum Gasteiger partial charge on any atom is 0.237 e. The summed E-state index contributed by atoms with van der Waals surface area (Å²) < 4.78 is 13.7. The lowest BCUT2D eigenvalue weighted by Gasteiger charge is -2.25. The Morgan fingerprint density at radius 1 is 0.971 bits per heavy atom. The second-order valence-electron chi connectivity index (χ2n) is 7.85. The number of rotatable bonds is 7. The largest absolute Gasteiger partial charge is 0.485 e. The number of amides is 1. The predicted octanol–water partition coefficient (Wildman–Crippen LogP) is 4.65. The maximum atomic E-state index is 13.3. The summed E-state index contributed by atoms with van der Waals surface area (Å²) in [7, 11) is 1.88. The van der Waals surface area contributed by atoms with Crippen molar-refractivity contribution >= 4 is 23.4 Å². The van der Waals surface area contributed by atoms with Gasteiger partial charge >= 0.3 is 0 Å². The molecule has 4 aromatic rings. The van der Waals surface area contributed by atoms with Crippen LogP contribution in [0.1, 0.15) is 17.5 Å². The number of para-hydroxylation sites is 3. The number of benzene rings is 3. The molecule has 0 saturated heterocycles. The molecule has 1 aliphatic rings. The fraction of sp³-hybridized carbons (Fsp3) is 0.192. The Kier molecular flexibility index (Phi) is 6.49. The molecule has 0 fully saturated rings. The number of hydrogen-bond acceptors (Lipinski definition) is 6. The normalized spacial score (nSPS) is 14.6.